The van der Waals surface area contributed by atoms with Crippen molar-refractivity contribution in [3.63, 3.8) is 0 Å². The molecule has 3 rings (SSSR count). The molecule has 2 N–H and O–H groups in total. The van der Waals surface area contributed by atoms with Gasteiger partial charge in [0.05, 0.1) is 21.1 Å². The van der Waals surface area contributed by atoms with E-state index in [0.29, 0.717) is 11.3 Å². The fraction of sp³-hybridized carbons (Fsp3) is 0.174. The van der Waals surface area contributed by atoms with E-state index in [0.717, 1.165) is 13.8 Å². The number of rotatable bonds is 7. The summed E-state index contributed by atoms with van der Waals surface area (Å²) in [5, 5.41) is 0. The zero-order valence-electron chi connectivity index (χ0n) is 19.5. The van der Waals surface area contributed by atoms with Crippen LogP contribution < -0.4 is 14.3 Å². The molecule has 0 bridgehead atoms. The third-order valence-electron chi connectivity index (χ3n) is 5.03. The molecule has 194 valence electrons. The number of anilines is 1. The van der Waals surface area contributed by atoms with Gasteiger partial charge < -0.3 is 0 Å². The highest BCUT2D eigenvalue weighted by molar-refractivity contribution is 7.94. The highest BCUT2D eigenvalue weighted by atomic mass is 32.2. The van der Waals surface area contributed by atoms with Crippen LogP contribution in [0.2, 0.25) is 0 Å². The summed E-state index contributed by atoms with van der Waals surface area (Å²) in [4.78, 5) is 37.5. The molecule has 2 aliphatic carbocycles. The summed E-state index contributed by atoms with van der Waals surface area (Å²) in [6.07, 6.45) is 7.70. The second-order valence-electron chi connectivity index (χ2n) is 7.88. The van der Waals surface area contributed by atoms with E-state index in [1.54, 1.807) is 18.2 Å². The number of benzene rings is 1. The number of sulfonamides is 2. The number of allylic oxidation sites excluding steroid dienone is 7. The number of carbonyl (C=O) groups excluding carboxylic acids is 3. The summed E-state index contributed by atoms with van der Waals surface area (Å²) in [5.41, 5.74) is 0.620. The molecule has 0 saturated carbocycles. The first kappa shape index (κ1) is 28.2. The van der Waals surface area contributed by atoms with Crippen LogP contribution in [0.15, 0.2) is 75.7 Å². The van der Waals surface area contributed by atoms with Crippen LogP contribution in [0.1, 0.15) is 26.7 Å². The van der Waals surface area contributed by atoms with E-state index in [1.165, 1.54) is 41.3 Å². The molecule has 0 atom stereocenters. The van der Waals surface area contributed by atoms with Crippen molar-refractivity contribution < 1.29 is 31.2 Å². The number of hydrogen-bond acceptors (Lipinski definition) is 9. The van der Waals surface area contributed by atoms with Gasteiger partial charge in [0.2, 0.25) is 11.8 Å². The van der Waals surface area contributed by atoms with Gasteiger partial charge in [-0.2, -0.15) is 0 Å². The Kier molecular flexibility index (Phi) is 8.37. The van der Waals surface area contributed by atoms with Crippen molar-refractivity contribution in [2.45, 2.75) is 31.6 Å². The second-order valence-corrected chi connectivity index (χ2v) is 12.3. The molecular weight excluding hydrogens is 559 g/mol. The van der Waals surface area contributed by atoms with E-state index in [1.807, 2.05) is 9.44 Å². The number of amides is 3. The highest BCUT2D eigenvalue weighted by Crippen LogP contribution is 2.30. The minimum Gasteiger partial charge on any atom is -0.276 e. The van der Waals surface area contributed by atoms with Crippen molar-refractivity contribution in [1.29, 1.82) is 0 Å². The van der Waals surface area contributed by atoms with E-state index in [-0.39, 0.29) is 38.0 Å². The summed E-state index contributed by atoms with van der Waals surface area (Å²) in [7, 11) is -8.24. The van der Waals surface area contributed by atoms with Crippen molar-refractivity contribution in [1.82, 2.24) is 9.44 Å². The second kappa shape index (κ2) is 11.0. The lowest BCUT2D eigenvalue weighted by Crippen LogP contribution is -2.38. The Morgan fingerprint density at radius 3 is 1.97 bits per heavy atom. The first-order chi connectivity index (χ1) is 17.2. The first-order valence-corrected chi connectivity index (χ1v) is 14.4. The lowest BCUT2D eigenvalue weighted by molar-refractivity contribution is -0.118. The van der Waals surface area contributed by atoms with Crippen molar-refractivity contribution in [2.24, 2.45) is 0 Å². The molecule has 0 saturated heterocycles. The monoisotopic (exact) mass is 579 g/mol. The van der Waals surface area contributed by atoms with Gasteiger partial charge in [0.25, 0.3) is 26.0 Å². The zero-order chi connectivity index (χ0) is 27.5. The molecule has 14 heteroatoms. The van der Waals surface area contributed by atoms with Gasteiger partial charge in [-0.25, -0.2) is 26.3 Å². The maximum Gasteiger partial charge on any atom is 0.264 e. The van der Waals surface area contributed by atoms with Crippen LogP contribution in [0.3, 0.4) is 0 Å². The normalized spacial score (nSPS) is 15.8. The van der Waals surface area contributed by atoms with E-state index in [4.69, 9.17) is 24.4 Å². The van der Waals surface area contributed by atoms with Crippen molar-refractivity contribution >= 4 is 77.6 Å². The van der Waals surface area contributed by atoms with Crippen LogP contribution in [0.25, 0.3) is 0 Å². The number of hydrogen-bond donors (Lipinski definition) is 2. The molecule has 2 aliphatic rings. The molecule has 0 fully saturated rings. The summed E-state index contributed by atoms with van der Waals surface area (Å²) in [6.45, 7) is 2.12. The Hall–Kier alpha value is -3.33. The van der Waals surface area contributed by atoms with Crippen LogP contribution >= 0.6 is 24.4 Å². The van der Waals surface area contributed by atoms with E-state index >= 15 is 0 Å². The largest absolute Gasteiger partial charge is 0.276 e. The minimum absolute atomic E-state index is 0.0904. The third kappa shape index (κ3) is 6.52. The Morgan fingerprint density at radius 2 is 1.43 bits per heavy atom. The Balaban J connectivity index is 2.11. The number of nitrogens with zero attached hydrogens (tertiary/aromatic N) is 1. The van der Waals surface area contributed by atoms with E-state index < -0.39 is 37.8 Å². The van der Waals surface area contributed by atoms with Crippen molar-refractivity contribution in [3.8, 4) is 0 Å². The zero-order valence-corrected chi connectivity index (χ0v) is 22.8. The summed E-state index contributed by atoms with van der Waals surface area (Å²) < 4.78 is 53.3. The fourth-order valence-electron chi connectivity index (χ4n) is 3.45. The molecule has 3 amide bonds. The summed E-state index contributed by atoms with van der Waals surface area (Å²) in [5.74, 6) is -2.08. The number of nitrogens with one attached hydrogen (secondary N) is 2. The fourth-order valence-corrected chi connectivity index (χ4v) is 6.19. The number of thiocarbonyl (C=S) groups is 2. The maximum absolute atomic E-state index is 13.7. The minimum atomic E-state index is -4.13. The van der Waals surface area contributed by atoms with Gasteiger partial charge in [-0.1, -0.05) is 36.6 Å². The summed E-state index contributed by atoms with van der Waals surface area (Å²) in [6, 6.07) is 5.13. The number of carbonyl (C=O) groups is 3. The Labute approximate surface area is 224 Å². The van der Waals surface area contributed by atoms with Crippen molar-refractivity contribution in [3.05, 3.63) is 70.8 Å². The van der Waals surface area contributed by atoms with Crippen LogP contribution in [-0.4, -0.2) is 44.3 Å². The maximum atomic E-state index is 13.7. The van der Waals surface area contributed by atoms with Gasteiger partial charge in [0, 0.05) is 42.1 Å². The Morgan fingerprint density at radius 1 is 0.838 bits per heavy atom. The molecular formula is C23H21N3O7S4. The smallest absolute Gasteiger partial charge is 0.264 e. The molecule has 0 aliphatic heterocycles. The predicted molar refractivity (Wildman–Crippen MR) is 145 cm³/mol. The molecule has 1 aromatic carbocycles. The molecule has 10 nitrogen and oxygen atoms in total. The average molecular weight is 580 g/mol. The Bertz CT molecular complexity index is 1550. The quantitative estimate of drug-likeness (QED) is 0.464. The lowest BCUT2D eigenvalue weighted by Gasteiger charge is -2.29. The molecule has 0 radical (unpaired) electrons. The SMILES string of the molecule is CC(=O)NS(=O)(=O)C1=CC=C(N(C(=O)C2=CC=CCC2=S)c2ccc(S(=O)(=O)NC(C)=O)cc2)C(=S)C1. The van der Waals surface area contributed by atoms with E-state index in [9.17, 15) is 31.2 Å². The van der Waals surface area contributed by atoms with E-state index in [2.05, 4.69) is 0 Å². The lowest BCUT2D eigenvalue weighted by atomic mass is 10.0. The first-order valence-electron chi connectivity index (χ1n) is 10.6. The van der Waals surface area contributed by atoms with Crippen molar-refractivity contribution in [2.75, 3.05) is 4.90 Å². The molecule has 37 heavy (non-hydrogen) atoms. The van der Waals surface area contributed by atoms with Gasteiger partial charge in [-0.15, -0.1) is 0 Å². The third-order valence-corrected chi connectivity index (χ3v) is 8.75. The topological polar surface area (TPSA) is 147 Å². The van der Waals surface area contributed by atoms with Gasteiger partial charge >= 0.3 is 0 Å². The standard InChI is InChI=1S/C23H21N3O7S4/c1-14(27)24-36(30,31)17-9-7-16(8-10-17)26(23(29)19-5-3-4-6-21(19)34)20-12-11-18(13-22(20)35)37(32,33)25-15(2)28/h3-5,7-12H,6,13H2,1-2H3,(H,24,27)(H,25,28). The molecule has 0 aromatic heterocycles. The molecule has 0 unspecified atom stereocenters. The predicted octanol–water partition coefficient (Wildman–Crippen LogP) is 2.11. The van der Waals surface area contributed by atoms with Gasteiger partial charge in [-0.3, -0.25) is 19.3 Å². The van der Waals surface area contributed by atoms with Gasteiger partial charge in [0.1, 0.15) is 0 Å². The molecule has 0 spiro atoms. The van der Waals surface area contributed by atoms with Crippen LogP contribution in [0, 0.1) is 0 Å². The van der Waals surface area contributed by atoms with Gasteiger partial charge in [-0.05, 0) is 42.5 Å². The van der Waals surface area contributed by atoms with Crippen LogP contribution in [-0.2, 0) is 34.4 Å². The highest BCUT2D eigenvalue weighted by Gasteiger charge is 2.32. The van der Waals surface area contributed by atoms with Crippen LogP contribution in [0.5, 0.6) is 0 Å². The van der Waals surface area contributed by atoms with Gasteiger partial charge in [0.15, 0.2) is 0 Å². The average Bonchev–Trinajstić information content (AvgIpc) is 2.79. The molecule has 0 heterocycles. The molecule has 1 aromatic rings. The van der Waals surface area contributed by atoms with Crippen LogP contribution in [0.4, 0.5) is 5.69 Å². The summed E-state index contributed by atoms with van der Waals surface area (Å²) >= 11 is 10.8.